The van der Waals surface area contributed by atoms with Crippen molar-refractivity contribution >= 4 is 0 Å². The number of likely N-dealkylation sites (N-methyl/N-ethyl adjacent to an activating group) is 1. The molecule has 2 rings (SSSR count). The van der Waals surface area contributed by atoms with Crippen LogP contribution in [0.4, 0.5) is 0 Å². The maximum Gasteiger partial charge on any atom is 0.0775 e. The zero-order valence-electron chi connectivity index (χ0n) is 9.12. The van der Waals surface area contributed by atoms with Crippen molar-refractivity contribution in [2.75, 3.05) is 7.05 Å². The molecule has 2 heteroatoms. The fourth-order valence-electron chi connectivity index (χ4n) is 1.92. The van der Waals surface area contributed by atoms with Crippen molar-refractivity contribution in [3.8, 4) is 0 Å². The molecule has 0 heterocycles. The molecule has 1 aliphatic rings. The Morgan fingerprint density at radius 3 is 2.57 bits per heavy atom. The van der Waals surface area contributed by atoms with Crippen molar-refractivity contribution in [1.82, 2.24) is 5.32 Å². The molecule has 14 heavy (non-hydrogen) atoms. The van der Waals surface area contributed by atoms with E-state index in [2.05, 4.69) is 17.4 Å². The van der Waals surface area contributed by atoms with Crippen molar-refractivity contribution in [2.24, 2.45) is 0 Å². The number of aliphatic hydroxyl groups is 1. The van der Waals surface area contributed by atoms with Gasteiger partial charge in [0.25, 0.3) is 0 Å². The molecule has 78 valence electrons. The first kappa shape index (κ1) is 11.2. The summed E-state index contributed by atoms with van der Waals surface area (Å²) < 4.78 is 0. The van der Waals surface area contributed by atoms with Crippen LogP contribution in [-0.2, 0) is 6.42 Å². The summed E-state index contributed by atoms with van der Waals surface area (Å²) in [6.45, 7) is 4.00. The molecule has 1 aliphatic carbocycles. The molecule has 0 aliphatic heterocycles. The van der Waals surface area contributed by atoms with Gasteiger partial charge in [-0.2, -0.15) is 0 Å². The summed E-state index contributed by atoms with van der Waals surface area (Å²) in [7, 11) is 1.88. The summed E-state index contributed by atoms with van der Waals surface area (Å²) in [6, 6.07) is 8.31. The van der Waals surface area contributed by atoms with E-state index in [1.165, 1.54) is 11.1 Å². The molecule has 2 nitrogen and oxygen atoms in total. The minimum Gasteiger partial charge on any atom is -0.391 e. The van der Waals surface area contributed by atoms with Crippen LogP contribution in [0, 0.1) is 0 Å². The van der Waals surface area contributed by atoms with Crippen LogP contribution in [0.15, 0.2) is 24.3 Å². The van der Waals surface area contributed by atoms with E-state index in [4.69, 9.17) is 0 Å². The van der Waals surface area contributed by atoms with Gasteiger partial charge in [-0.1, -0.05) is 38.1 Å². The minimum atomic E-state index is -0.257. The van der Waals surface area contributed by atoms with Gasteiger partial charge in [-0.15, -0.1) is 0 Å². The van der Waals surface area contributed by atoms with E-state index in [1.807, 2.05) is 33.0 Å². The highest BCUT2D eigenvalue weighted by atomic mass is 16.3. The molecule has 0 amide bonds. The van der Waals surface area contributed by atoms with Crippen LogP contribution in [0.25, 0.3) is 0 Å². The summed E-state index contributed by atoms with van der Waals surface area (Å²) >= 11 is 0. The van der Waals surface area contributed by atoms with Gasteiger partial charge in [0.2, 0.25) is 0 Å². The number of fused-ring (bicyclic) bond motifs is 1. The van der Waals surface area contributed by atoms with E-state index in [9.17, 15) is 5.11 Å². The molecule has 2 atom stereocenters. The molecular weight excluding hydrogens is 174 g/mol. The van der Waals surface area contributed by atoms with Gasteiger partial charge in [-0.05, 0) is 18.2 Å². The summed E-state index contributed by atoms with van der Waals surface area (Å²) in [6.07, 6.45) is 0.522. The fraction of sp³-hybridized carbons (Fsp3) is 0.500. The number of benzene rings is 1. The van der Waals surface area contributed by atoms with E-state index in [0.717, 1.165) is 6.42 Å². The van der Waals surface area contributed by atoms with Crippen LogP contribution >= 0.6 is 0 Å². The van der Waals surface area contributed by atoms with Gasteiger partial charge in [0.15, 0.2) is 0 Å². The Morgan fingerprint density at radius 2 is 1.93 bits per heavy atom. The van der Waals surface area contributed by atoms with Crippen molar-refractivity contribution in [2.45, 2.75) is 32.4 Å². The van der Waals surface area contributed by atoms with Gasteiger partial charge >= 0.3 is 0 Å². The third kappa shape index (κ3) is 1.97. The Balaban J connectivity index is 0.000000461. The Kier molecular flexibility index (Phi) is 4.11. The summed E-state index contributed by atoms with van der Waals surface area (Å²) in [5.41, 5.74) is 2.51. The molecule has 1 aromatic rings. The molecule has 0 saturated heterocycles. The Morgan fingerprint density at radius 1 is 1.29 bits per heavy atom. The second-order valence-electron chi connectivity index (χ2n) is 3.24. The van der Waals surface area contributed by atoms with Crippen LogP contribution in [0.1, 0.15) is 31.0 Å². The average molecular weight is 193 g/mol. The predicted octanol–water partition coefficient (Wildman–Crippen LogP) is 1.89. The lowest BCUT2D eigenvalue weighted by atomic mass is 10.1. The zero-order valence-corrected chi connectivity index (χ0v) is 9.12. The van der Waals surface area contributed by atoms with Gasteiger partial charge in [-0.25, -0.2) is 0 Å². The number of aliphatic hydroxyl groups excluding tert-OH is 1. The second kappa shape index (κ2) is 5.13. The van der Waals surface area contributed by atoms with Gasteiger partial charge < -0.3 is 10.4 Å². The summed E-state index contributed by atoms with van der Waals surface area (Å²) in [5.74, 6) is 0. The highest BCUT2D eigenvalue weighted by molar-refractivity contribution is 5.36. The lowest BCUT2D eigenvalue weighted by Gasteiger charge is -2.13. The minimum absolute atomic E-state index is 0.126. The normalized spacial score (nSPS) is 23.7. The number of rotatable bonds is 1. The second-order valence-corrected chi connectivity index (χ2v) is 3.24. The quantitative estimate of drug-likeness (QED) is 0.714. The SMILES string of the molecule is CC.CN[C@H]1c2ccccc2C[C@H]1O. The monoisotopic (exact) mass is 193 g/mol. The van der Waals surface area contributed by atoms with Gasteiger partial charge in [0.05, 0.1) is 12.1 Å². The maximum absolute atomic E-state index is 9.65. The molecule has 0 unspecified atom stereocenters. The van der Waals surface area contributed by atoms with Crippen molar-refractivity contribution in [1.29, 1.82) is 0 Å². The summed E-state index contributed by atoms with van der Waals surface area (Å²) in [5, 5.41) is 12.8. The third-order valence-corrected chi connectivity index (χ3v) is 2.51. The van der Waals surface area contributed by atoms with E-state index in [0.29, 0.717) is 0 Å². The van der Waals surface area contributed by atoms with Crippen molar-refractivity contribution < 1.29 is 5.11 Å². The van der Waals surface area contributed by atoms with Crippen LogP contribution in [0.3, 0.4) is 0 Å². The smallest absolute Gasteiger partial charge is 0.0775 e. The van der Waals surface area contributed by atoms with Crippen LogP contribution in [-0.4, -0.2) is 18.3 Å². The number of hydrogen-bond donors (Lipinski definition) is 2. The zero-order chi connectivity index (χ0) is 10.6. The highest BCUT2D eigenvalue weighted by Gasteiger charge is 2.28. The van der Waals surface area contributed by atoms with E-state index in [-0.39, 0.29) is 12.1 Å². The topological polar surface area (TPSA) is 32.3 Å². The van der Waals surface area contributed by atoms with Gasteiger partial charge in [-0.3, -0.25) is 0 Å². The molecule has 0 spiro atoms. The highest BCUT2D eigenvalue weighted by Crippen LogP contribution is 2.30. The molecule has 0 radical (unpaired) electrons. The number of nitrogens with one attached hydrogen (secondary N) is 1. The van der Waals surface area contributed by atoms with E-state index >= 15 is 0 Å². The van der Waals surface area contributed by atoms with Crippen molar-refractivity contribution in [3.63, 3.8) is 0 Å². The van der Waals surface area contributed by atoms with Crippen LogP contribution < -0.4 is 5.32 Å². The van der Waals surface area contributed by atoms with E-state index in [1.54, 1.807) is 0 Å². The number of hydrogen-bond acceptors (Lipinski definition) is 2. The predicted molar refractivity (Wildman–Crippen MR) is 59.3 cm³/mol. The van der Waals surface area contributed by atoms with Crippen LogP contribution in [0.5, 0.6) is 0 Å². The Bertz CT molecular complexity index is 285. The first-order valence-corrected chi connectivity index (χ1v) is 5.26. The molecule has 0 bridgehead atoms. The maximum atomic E-state index is 9.65. The first-order chi connectivity index (χ1) is 6.83. The molecular formula is C12H19NO. The molecule has 0 aromatic heterocycles. The molecule has 0 saturated carbocycles. The molecule has 1 aromatic carbocycles. The standard InChI is InChI=1S/C10H13NO.C2H6/c1-11-10-8-5-3-2-4-7(8)6-9(10)12;1-2/h2-5,9-12H,6H2,1H3;1-2H3/t9-,10+;/m1./s1. The Hall–Kier alpha value is -0.860. The lowest BCUT2D eigenvalue weighted by molar-refractivity contribution is 0.145. The van der Waals surface area contributed by atoms with Crippen molar-refractivity contribution in [3.05, 3.63) is 35.4 Å². The Labute approximate surface area is 86.0 Å². The van der Waals surface area contributed by atoms with Gasteiger partial charge in [0.1, 0.15) is 0 Å². The largest absolute Gasteiger partial charge is 0.391 e. The lowest BCUT2D eigenvalue weighted by Crippen LogP contribution is -2.25. The third-order valence-electron chi connectivity index (χ3n) is 2.51. The van der Waals surface area contributed by atoms with Crippen LogP contribution in [0.2, 0.25) is 0 Å². The molecule has 2 N–H and O–H groups in total. The van der Waals surface area contributed by atoms with E-state index < -0.39 is 0 Å². The first-order valence-electron chi connectivity index (χ1n) is 5.26. The average Bonchev–Trinajstić information content (AvgIpc) is 2.56. The van der Waals surface area contributed by atoms with Gasteiger partial charge in [0, 0.05) is 6.42 Å². The molecule has 0 fully saturated rings. The summed E-state index contributed by atoms with van der Waals surface area (Å²) in [4.78, 5) is 0. The fourth-order valence-corrected chi connectivity index (χ4v) is 1.92.